The van der Waals surface area contributed by atoms with E-state index in [-0.39, 0.29) is 0 Å². The molecule has 23 heavy (non-hydrogen) atoms. The van der Waals surface area contributed by atoms with Gasteiger partial charge in [-0.3, -0.25) is 0 Å². The van der Waals surface area contributed by atoms with Crippen LogP contribution in [-0.4, -0.2) is 0 Å². The predicted molar refractivity (Wildman–Crippen MR) is 99.9 cm³/mol. The molecule has 4 rings (SSSR count). The van der Waals surface area contributed by atoms with Gasteiger partial charge in [-0.2, -0.15) is 0 Å². The highest BCUT2D eigenvalue weighted by molar-refractivity contribution is 7.92. The summed E-state index contributed by atoms with van der Waals surface area (Å²) in [5, 5.41) is 2.85. The average Bonchev–Trinajstić information content (AvgIpc) is 3.37. The SMILES string of the molecule is C(#CP1C(c2ccccc2)=C1c1ccccc1)c1ccccc1. The lowest BCUT2D eigenvalue weighted by Gasteiger charge is -1.94. The summed E-state index contributed by atoms with van der Waals surface area (Å²) in [6, 6.07) is 31.5. The molecule has 0 unspecified atom stereocenters. The first-order valence-corrected chi connectivity index (χ1v) is 8.99. The van der Waals surface area contributed by atoms with E-state index in [2.05, 4.69) is 84.4 Å². The van der Waals surface area contributed by atoms with Crippen LogP contribution in [0.5, 0.6) is 0 Å². The van der Waals surface area contributed by atoms with Gasteiger partial charge in [-0.15, -0.1) is 0 Å². The molecule has 0 saturated heterocycles. The Morgan fingerprint density at radius 1 is 0.522 bits per heavy atom. The van der Waals surface area contributed by atoms with Gasteiger partial charge in [-0.1, -0.05) is 90.4 Å². The van der Waals surface area contributed by atoms with E-state index in [0.717, 1.165) is 5.56 Å². The molecular weight excluding hydrogens is 295 g/mol. The van der Waals surface area contributed by atoms with Crippen molar-refractivity contribution in [1.29, 1.82) is 0 Å². The Balaban J connectivity index is 1.70. The normalized spacial score (nSPS) is 13.4. The van der Waals surface area contributed by atoms with Crippen molar-refractivity contribution < 1.29 is 0 Å². The molecule has 1 aliphatic rings. The topological polar surface area (TPSA) is 0 Å². The molecule has 3 aromatic rings. The van der Waals surface area contributed by atoms with Gasteiger partial charge < -0.3 is 0 Å². The van der Waals surface area contributed by atoms with E-state index in [9.17, 15) is 0 Å². The van der Waals surface area contributed by atoms with E-state index in [4.69, 9.17) is 0 Å². The minimum Gasteiger partial charge on any atom is -0.0622 e. The van der Waals surface area contributed by atoms with Crippen molar-refractivity contribution in [2.75, 3.05) is 0 Å². The molecule has 0 nitrogen and oxygen atoms in total. The zero-order chi connectivity index (χ0) is 15.5. The molecule has 1 heteroatoms. The predicted octanol–water partition coefficient (Wildman–Crippen LogP) is 6.02. The molecule has 0 atom stereocenters. The molecule has 0 aromatic heterocycles. The third kappa shape index (κ3) is 2.98. The molecule has 0 aliphatic carbocycles. The summed E-state index contributed by atoms with van der Waals surface area (Å²) in [6.07, 6.45) is 0. The Kier molecular flexibility index (Phi) is 3.81. The largest absolute Gasteiger partial charge is 0.0622 e. The van der Waals surface area contributed by atoms with Gasteiger partial charge in [0, 0.05) is 24.1 Å². The molecule has 0 amide bonds. The fourth-order valence-corrected chi connectivity index (χ4v) is 4.66. The molecule has 0 N–H and O–H groups in total. The van der Waals surface area contributed by atoms with Crippen molar-refractivity contribution in [3.63, 3.8) is 0 Å². The lowest BCUT2D eigenvalue weighted by molar-refractivity contribution is 1.65. The zero-order valence-corrected chi connectivity index (χ0v) is 13.5. The third-order valence-electron chi connectivity index (χ3n) is 3.80. The maximum atomic E-state index is 3.51. The van der Waals surface area contributed by atoms with Gasteiger partial charge in [0.2, 0.25) is 0 Å². The monoisotopic (exact) mass is 310 g/mol. The minimum atomic E-state index is -0.481. The fraction of sp³-hybridized carbons (Fsp3) is 0. The Bertz CT molecular complexity index is 848. The highest BCUT2D eigenvalue weighted by Crippen LogP contribution is 2.77. The lowest BCUT2D eigenvalue weighted by atomic mass is 10.1. The molecule has 1 aliphatic heterocycles. The van der Waals surface area contributed by atoms with E-state index in [0.29, 0.717) is 0 Å². The summed E-state index contributed by atoms with van der Waals surface area (Å²) in [7, 11) is -0.481. The molecule has 0 saturated carbocycles. The molecule has 0 fully saturated rings. The Morgan fingerprint density at radius 2 is 0.957 bits per heavy atom. The van der Waals surface area contributed by atoms with Crippen LogP contribution in [-0.2, 0) is 0 Å². The molecule has 108 valence electrons. The summed E-state index contributed by atoms with van der Waals surface area (Å²) >= 11 is 0. The summed E-state index contributed by atoms with van der Waals surface area (Å²) in [5.74, 6) is 3.34. The third-order valence-corrected chi connectivity index (χ3v) is 5.77. The van der Waals surface area contributed by atoms with Crippen molar-refractivity contribution >= 4 is 18.5 Å². The Labute approximate surface area is 138 Å². The van der Waals surface area contributed by atoms with E-state index < -0.39 is 7.92 Å². The van der Waals surface area contributed by atoms with E-state index in [1.165, 1.54) is 21.8 Å². The van der Waals surface area contributed by atoms with E-state index in [1.807, 2.05) is 18.2 Å². The molecule has 3 aromatic carbocycles. The number of rotatable bonds is 2. The zero-order valence-electron chi connectivity index (χ0n) is 12.6. The van der Waals surface area contributed by atoms with Gasteiger partial charge in [0.15, 0.2) is 0 Å². The smallest absolute Gasteiger partial charge is 0.0375 e. The molecule has 0 bridgehead atoms. The Morgan fingerprint density at radius 3 is 1.43 bits per heavy atom. The fourth-order valence-electron chi connectivity index (χ4n) is 2.64. The summed E-state index contributed by atoms with van der Waals surface area (Å²) < 4.78 is 0. The lowest BCUT2D eigenvalue weighted by Crippen LogP contribution is -1.70. The van der Waals surface area contributed by atoms with Crippen molar-refractivity contribution in [3.05, 3.63) is 108 Å². The maximum Gasteiger partial charge on any atom is 0.0375 e. The van der Waals surface area contributed by atoms with Crippen LogP contribution >= 0.6 is 7.92 Å². The van der Waals surface area contributed by atoms with Crippen molar-refractivity contribution in [2.24, 2.45) is 0 Å². The van der Waals surface area contributed by atoms with Crippen LogP contribution in [0.1, 0.15) is 16.7 Å². The second kappa shape index (κ2) is 6.25. The number of hydrogen-bond donors (Lipinski definition) is 0. The van der Waals surface area contributed by atoms with E-state index >= 15 is 0 Å². The van der Waals surface area contributed by atoms with Crippen LogP contribution in [0.3, 0.4) is 0 Å². The van der Waals surface area contributed by atoms with Crippen LogP contribution in [0.4, 0.5) is 0 Å². The highest BCUT2D eigenvalue weighted by atomic mass is 31.1. The summed E-state index contributed by atoms with van der Waals surface area (Å²) in [6.45, 7) is 0. The Hall–Kier alpha value is -2.61. The summed E-state index contributed by atoms with van der Waals surface area (Å²) in [4.78, 5) is 0. The summed E-state index contributed by atoms with van der Waals surface area (Å²) in [5.41, 5.74) is 7.21. The van der Waals surface area contributed by atoms with Crippen LogP contribution < -0.4 is 0 Å². The average molecular weight is 310 g/mol. The number of benzene rings is 3. The minimum absolute atomic E-state index is 0.481. The van der Waals surface area contributed by atoms with Crippen molar-refractivity contribution in [3.8, 4) is 11.6 Å². The van der Waals surface area contributed by atoms with Gasteiger partial charge >= 0.3 is 0 Å². The second-order valence-corrected chi connectivity index (χ2v) is 7.16. The molecule has 0 radical (unpaired) electrons. The standard InChI is InChI=1S/C22H15P/c1-4-10-18(11-5-1)16-17-23-21(19-12-6-2-7-13-19)22(23)20-14-8-3-9-15-20/h1-15H. The first kappa shape index (κ1) is 14.0. The highest BCUT2D eigenvalue weighted by Gasteiger charge is 2.37. The first-order chi connectivity index (χ1) is 11.4. The van der Waals surface area contributed by atoms with Gasteiger partial charge in [0.1, 0.15) is 0 Å². The van der Waals surface area contributed by atoms with Crippen molar-refractivity contribution in [1.82, 2.24) is 0 Å². The van der Waals surface area contributed by atoms with E-state index in [1.54, 1.807) is 0 Å². The van der Waals surface area contributed by atoms with Crippen LogP contribution in [0.2, 0.25) is 0 Å². The van der Waals surface area contributed by atoms with Gasteiger partial charge in [0.05, 0.1) is 0 Å². The van der Waals surface area contributed by atoms with Crippen LogP contribution in [0.15, 0.2) is 91.0 Å². The van der Waals surface area contributed by atoms with Gasteiger partial charge in [-0.05, 0) is 23.3 Å². The molecule has 0 spiro atoms. The van der Waals surface area contributed by atoms with Gasteiger partial charge in [-0.25, -0.2) is 0 Å². The van der Waals surface area contributed by atoms with Crippen LogP contribution in [0.25, 0.3) is 10.6 Å². The number of hydrogen-bond acceptors (Lipinski definition) is 0. The van der Waals surface area contributed by atoms with Crippen molar-refractivity contribution in [2.45, 2.75) is 0 Å². The second-order valence-electron chi connectivity index (χ2n) is 5.37. The van der Waals surface area contributed by atoms with Gasteiger partial charge in [0.25, 0.3) is 0 Å². The molecule has 1 heterocycles. The molecular formula is C22H15P. The first-order valence-electron chi connectivity index (χ1n) is 7.65. The quantitative estimate of drug-likeness (QED) is 0.401. The van der Waals surface area contributed by atoms with Crippen LogP contribution in [0, 0.1) is 11.6 Å². The maximum absolute atomic E-state index is 3.51.